The lowest BCUT2D eigenvalue weighted by Gasteiger charge is -2.37. The van der Waals surface area contributed by atoms with Gasteiger partial charge in [-0.1, -0.05) is 50.3 Å². The number of alkyl halides is 1. The van der Waals surface area contributed by atoms with Gasteiger partial charge in [-0.3, -0.25) is 14.4 Å². The molecule has 13 heteroatoms. The van der Waals surface area contributed by atoms with Gasteiger partial charge in [0, 0.05) is 23.7 Å². The molecule has 0 spiro atoms. The van der Waals surface area contributed by atoms with Gasteiger partial charge < -0.3 is 20.3 Å². The summed E-state index contributed by atoms with van der Waals surface area (Å²) in [5, 5.41) is 5.64. The number of sulfonamides is 1. The summed E-state index contributed by atoms with van der Waals surface area (Å²) < 4.78 is 46.7. The monoisotopic (exact) mass is 726 g/mol. The second-order valence-electron chi connectivity index (χ2n) is 15.2. The van der Waals surface area contributed by atoms with Crippen LogP contribution < -0.4 is 15.4 Å². The number of carbonyl (C=O) groups excluding carboxylic acids is 4. The highest BCUT2D eigenvalue weighted by atomic mass is 32.2. The molecule has 2 aromatic carbocycles. The lowest BCUT2D eigenvalue weighted by molar-refractivity contribution is -0.142. The highest BCUT2D eigenvalue weighted by molar-refractivity contribution is 7.90. The third-order valence-electron chi connectivity index (χ3n) is 10.5. The molecule has 0 bridgehead atoms. The molecule has 278 valence electrons. The fourth-order valence-electron chi connectivity index (χ4n) is 7.96. The van der Waals surface area contributed by atoms with E-state index in [4.69, 9.17) is 4.74 Å². The Labute approximate surface area is 300 Å². The molecule has 3 N–H and O–H groups in total. The van der Waals surface area contributed by atoms with Gasteiger partial charge in [0.25, 0.3) is 15.9 Å². The summed E-state index contributed by atoms with van der Waals surface area (Å²) in [6.45, 7) is 5.01. The molecule has 3 aliphatic rings. The van der Waals surface area contributed by atoms with E-state index in [1.54, 1.807) is 56.0 Å². The molecule has 1 saturated heterocycles. The zero-order valence-electron chi connectivity index (χ0n) is 29.7. The number of nitrogens with one attached hydrogen (secondary N) is 3. The van der Waals surface area contributed by atoms with Crippen molar-refractivity contribution in [2.75, 3.05) is 18.5 Å². The molecule has 5 rings (SSSR count). The van der Waals surface area contributed by atoms with Crippen LogP contribution in [0.3, 0.4) is 0 Å². The molecule has 1 heterocycles. The SMILES string of the molecule is CC(C)(C)OC(=O)N[C@H](CF)C1CCC(C(=O)N2CC[C@@H](C3CCCCC3)C2C(=O)Nc2ccc(C(=O)NS(=O)(=O)c3ccccc3)cc2)CC1. The number of likely N-dealkylation sites (tertiary alicyclic amines) is 1. The van der Waals surface area contributed by atoms with E-state index in [1.807, 2.05) is 0 Å². The maximum Gasteiger partial charge on any atom is 0.407 e. The van der Waals surface area contributed by atoms with Gasteiger partial charge in [-0.25, -0.2) is 22.3 Å². The first-order chi connectivity index (χ1) is 24.3. The third-order valence-corrected chi connectivity index (χ3v) is 11.9. The van der Waals surface area contributed by atoms with Crippen molar-refractivity contribution in [3.8, 4) is 0 Å². The van der Waals surface area contributed by atoms with Crippen LogP contribution in [0.2, 0.25) is 0 Å². The van der Waals surface area contributed by atoms with E-state index in [9.17, 15) is 32.0 Å². The van der Waals surface area contributed by atoms with E-state index in [1.165, 1.54) is 30.7 Å². The fraction of sp³-hybridized carbons (Fsp3) is 0.579. The highest BCUT2D eigenvalue weighted by Crippen LogP contribution is 2.41. The number of nitrogens with zero attached hydrogens (tertiary/aromatic N) is 1. The number of carbonyl (C=O) groups is 4. The summed E-state index contributed by atoms with van der Waals surface area (Å²) in [5.41, 5.74) is -0.159. The van der Waals surface area contributed by atoms with E-state index in [0.717, 1.165) is 32.1 Å². The van der Waals surface area contributed by atoms with E-state index in [2.05, 4.69) is 15.4 Å². The van der Waals surface area contributed by atoms with Crippen molar-refractivity contribution in [3.05, 3.63) is 60.2 Å². The number of amides is 4. The van der Waals surface area contributed by atoms with Crippen LogP contribution in [0, 0.1) is 23.7 Å². The van der Waals surface area contributed by atoms with Gasteiger partial charge in [-0.15, -0.1) is 0 Å². The topological polar surface area (TPSA) is 151 Å². The maximum absolute atomic E-state index is 14.1. The molecule has 3 atom stereocenters. The molecule has 0 radical (unpaired) electrons. The number of hydrogen-bond donors (Lipinski definition) is 3. The van der Waals surface area contributed by atoms with Crippen molar-refractivity contribution in [1.29, 1.82) is 0 Å². The number of halogens is 1. The number of rotatable bonds is 10. The average Bonchev–Trinajstić information content (AvgIpc) is 3.56. The third kappa shape index (κ3) is 9.87. The summed E-state index contributed by atoms with van der Waals surface area (Å²) in [6.07, 6.45) is 7.72. The predicted molar refractivity (Wildman–Crippen MR) is 191 cm³/mol. The van der Waals surface area contributed by atoms with Crippen LogP contribution in [-0.4, -0.2) is 68.0 Å². The van der Waals surface area contributed by atoms with E-state index >= 15 is 0 Å². The molecule has 2 aliphatic carbocycles. The van der Waals surface area contributed by atoms with Gasteiger partial charge in [0.1, 0.15) is 18.3 Å². The number of hydrogen-bond acceptors (Lipinski definition) is 7. The van der Waals surface area contributed by atoms with E-state index in [0.29, 0.717) is 43.8 Å². The lowest BCUT2D eigenvalue weighted by atomic mass is 9.76. The van der Waals surface area contributed by atoms with Crippen molar-refractivity contribution in [2.24, 2.45) is 23.7 Å². The number of anilines is 1. The molecule has 51 heavy (non-hydrogen) atoms. The molecule has 4 amide bonds. The minimum atomic E-state index is -4.05. The van der Waals surface area contributed by atoms with E-state index < -0.39 is 46.4 Å². The maximum atomic E-state index is 14.1. The summed E-state index contributed by atoms with van der Waals surface area (Å²) in [7, 11) is -4.05. The minimum Gasteiger partial charge on any atom is -0.444 e. The number of benzene rings is 2. The van der Waals surface area contributed by atoms with Crippen LogP contribution in [0.5, 0.6) is 0 Å². The van der Waals surface area contributed by atoms with Crippen molar-refractivity contribution in [1.82, 2.24) is 14.9 Å². The summed E-state index contributed by atoms with van der Waals surface area (Å²) in [4.78, 5) is 55.0. The number of ether oxygens (including phenoxy) is 1. The normalized spacial score (nSPS) is 23.6. The summed E-state index contributed by atoms with van der Waals surface area (Å²) in [6, 6.07) is 12.2. The molecular formula is C38H51FN4O7S. The minimum absolute atomic E-state index is 0.0211. The second-order valence-corrected chi connectivity index (χ2v) is 16.8. The van der Waals surface area contributed by atoms with E-state index in [-0.39, 0.29) is 40.0 Å². The molecular weight excluding hydrogens is 676 g/mol. The first-order valence-corrected chi connectivity index (χ1v) is 19.6. The van der Waals surface area contributed by atoms with Crippen LogP contribution in [0.15, 0.2) is 59.5 Å². The smallest absolute Gasteiger partial charge is 0.407 e. The number of alkyl carbamates (subject to hydrolysis) is 1. The van der Waals surface area contributed by atoms with Gasteiger partial charge in [0.05, 0.1) is 10.9 Å². The Morgan fingerprint density at radius 3 is 2.14 bits per heavy atom. The first-order valence-electron chi connectivity index (χ1n) is 18.1. The fourth-order valence-corrected chi connectivity index (χ4v) is 8.96. The lowest BCUT2D eigenvalue weighted by Crippen LogP contribution is -2.50. The quantitative estimate of drug-likeness (QED) is 0.264. The van der Waals surface area contributed by atoms with Crippen LogP contribution >= 0.6 is 0 Å². The summed E-state index contributed by atoms with van der Waals surface area (Å²) in [5.74, 6) is -1.20. The van der Waals surface area contributed by atoms with Gasteiger partial charge in [-0.05, 0) is 107 Å². The Morgan fingerprint density at radius 2 is 1.53 bits per heavy atom. The van der Waals surface area contributed by atoms with Crippen molar-refractivity contribution in [2.45, 2.75) is 108 Å². The molecule has 0 aromatic heterocycles. The second kappa shape index (κ2) is 16.6. The van der Waals surface area contributed by atoms with Gasteiger partial charge >= 0.3 is 6.09 Å². The van der Waals surface area contributed by atoms with Crippen LogP contribution in [-0.2, 0) is 24.3 Å². The van der Waals surface area contributed by atoms with Gasteiger partial charge in [-0.2, -0.15) is 0 Å². The van der Waals surface area contributed by atoms with Crippen LogP contribution in [0.25, 0.3) is 0 Å². The van der Waals surface area contributed by atoms with Crippen LogP contribution in [0.4, 0.5) is 14.9 Å². The van der Waals surface area contributed by atoms with Crippen molar-refractivity contribution in [3.63, 3.8) is 0 Å². The van der Waals surface area contributed by atoms with Crippen LogP contribution in [0.1, 0.15) is 95.3 Å². The molecule has 3 fully saturated rings. The highest BCUT2D eigenvalue weighted by Gasteiger charge is 2.47. The van der Waals surface area contributed by atoms with Gasteiger partial charge in [0.2, 0.25) is 11.8 Å². The Hall–Kier alpha value is -4.00. The Kier molecular flexibility index (Phi) is 12.4. The molecule has 1 aliphatic heterocycles. The average molecular weight is 727 g/mol. The first kappa shape index (κ1) is 38.2. The Bertz CT molecular complexity index is 1630. The standard InChI is InChI=1S/C38H51FN4O7S/c1-38(2,3)50-37(47)41-32(24-39)26-14-16-28(17-15-26)36(46)43-23-22-31(25-10-6-4-7-11-25)33(43)35(45)40-29-20-18-27(19-21-29)34(44)42-51(48,49)30-12-8-5-9-13-30/h5,8-9,12-13,18-21,25-26,28,31-33H,4,6-7,10-11,14-17,22-24H2,1-3H3,(H,40,45)(H,41,47)(H,42,44)/t26?,28?,31-,32+,33?/m0/s1. The molecule has 2 saturated carbocycles. The van der Waals surface area contributed by atoms with Gasteiger partial charge in [0.15, 0.2) is 0 Å². The predicted octanol–water partition coefficient (Wildman–Crippen LogP) is 6.21. The zero-order valence-corrected chi connectivity index (χ0v) is 30.6. The molecule has 11 nitrogen and oxygen atoms in total. The largest absolute Gasteiger partial charge is 0.444 e. The Morgan fingerprint density at radius 1 is 0.882 bits per heavy atom. The summed E-state index contributed by atoms with van der Waals surface area (Å²) >= 11 is 0. The van der Waals surface area contributed by atoms with Crippen molar-refractivity contribution < 1.29 is 36.7 Å². The zero-order chi connectivity index (χ0) is 36.8. The molecule has 2 aromatic rings. The Balaban J connectivity index is 1.23. The molecule has 1 unspecified atom stereocenters. The van der Waals surface area contributed by atoms with Crippen molar-refractivity contribution >= 4 is 39.5 Å².